The molecule has 1 aliphatic carbocycles. The van der Waals surface area contributed by atoms with Crippen LogP contribution in [0.25, 0.3) is 11.3 Å². The van der Waals surface area contributed by atoms with Crippen LogP contribution in [0.15, 0.2) is 62.3 Å². The van der Waals surface area contributed by atoms with E-state index in [2.05, 4.69) is 39.3 Å². The van der Waals surface area contributed by atoms with Gasteiger partial charge in [-0.05, 0) is 60.4 Å². The van der Waals surface area contributed by atoms with Gasteiger partial charge in [0.2, 0.25) is 0 Å². The van der Waals surface area contributed by atoms with Gasteiger partial charge in [-0.1, -0.05) is 22.0 Å². The van der Waals surface area contributed by atoms with Crippen molar-refractivity contribution < 1.29 is 9.26 Å². The quantitative estimate of drug-likeness (QED) is 0.739. The summed E-state index contributed by atoms with van der Waals surface area (Å²) in [6, 6.07) is 15.4. The van der Waals surface area contributed by atoms with Crippen molar-refractivity contribution in [2.75, 3.05) is 0 Å². The number of fused-ring (bicyclic) bond motifs is 1. The summed E-state index contributed by atoms with van der Waals surface area (Å²) in [6.45, 7) is 0. The number of aromatic amines is 1. The highest BCUT2D eigenvalue weighted by Gasteiger charge is 2.24. The van der Waals surface area contributed by atoms with E-state index in [4.69, 9.17) is 9.26 Å². The number of rotatable bonds is 3. The summed E-state index contributed by atoms with van der Waals surface area (Å²) in [5.41, 5.74) is 3.20. The second-order valence-corrected chi connectivity index (χ2v) is 6.51. The van der Waals surface area contributed by atoms with Gasteiger partial charge in [-0.3, -0.25) is 4.79 Å². The molecule has 116 valence electrons. The predicted molar refractivity (Wildman–Crippen MR) is 90.6 cm³/mol. The van der Waals surface area contributed by atoms with Gasteiger partial charge in [0.05, 0.1) is 6.07 Å². The number of hydrogen-bond donors (Lipinski definition) is 1. The number of ether oxygens (including phenoxy) is 1. The van der Waals surface area contributed by atoms with Crippen LogP contribution in [0.3, 0.4) is 0 Å². The summed E-state index contributed by atoms with van der Waals surface area (Å²) in [5.74, 6) is 1.34. The molecular weight excluding hydrogens is 358 g/mol. The van der Waals surface area contributed by atoms with Crippen molar-refractivity contribution in [2.45, 2.75) is 18.9 Å². The van der Waals surface area contributed by atoms with Crippen molar-refractivity contribution in [1.82, 2.24) is 5.16 Å². The molecule has 4 rings (SSSR count). The Balaban J connectivity index is 1.53. The van der Waals surface area contributed by atoms with Crippen molar-refractivity contribution in [3.05, 3.63) is 74.5 Å². The van der Waals surface area contributed by atoms with Gasteiger partial charge in [0.25, 0.3) is 5.56 Å². The van der Waals surface area contributed by atoms with Crippen LogP contribution in [0, 0.1) is 0 Å². The van der Waals surface area contributed by atoms with Crippen LogP contribution in [-0.2, 0) is 6.42 Å². The highest BCUT2D eigenvalue weighted by molar-refractivity contribution is 9.10. The van der Waals surface area contributed by atoms with Crippen LogP contribution in [0.5, 0.6) is 5.75 Å². The molecule has 0 saturated heterocycles. The lowest BCUT2D eigenvalue weighted by Crippen LogP contribution is -2.03. The summed E-state index contributed by atoms with van der Waals surface area (Å²) in [4.78, 5) is 11.1. The van der Waals surface area contributed by atoms with E-state index in [0.29, 0.717) is 5.76 Å². The monoisotopic (exact) mass is 371 g/mol. The third kappa shape index (κ3) is 2.84. The fraction of sp³-hybridized carbons (Fsp3) is 0.167. The van der Waals surface area contributed by atoms with Crippen molar-refractivity contribution in [2.24, 2.45) is 0 Å². The first-order chi connectivity index (χ1) is 11.2. The number of aromatic nitrogens is 1. The van der Waals surface area contributed by atoms with Crippen LogP contribution in [-0.4, -0.2) is 5.16 Å². The Hall–Kier alpha value is -2.27. The lowest BCUT2D eigenvalue weighted by molar-refractivity contribution is 0.207. The van der Waals surface area contributed by atoms with Crippen LogP contribution < -0.4 is 10.3 Å². The van der Waals surface area contributed by atoms with Crippen molar-refractivity contribution in [3.8, 4) is 17.1 Å². The number of benzene rings is 2. The molecule has 1 N–H and O–H groups in total. The molecule has 0 spiro atoms. The van der Waals surface area contributed by atoms with E-state index >= 15 is 0 Å². The Kier molecular flexibility index (Phi) is 3.58. The fourth-order valence-electron chi connectivity index (χ4n) is 2.96. The van der Waals surface area contributed by atoms with Gasteiger partial charge in [-0.25, -0.2) is 0 Å². The molecule has 0 saturated carbocycles. The van der Waals surface area contributed by atoms with Gasteiger partial charge in [0.15, 0.2) is 5.76 Å². The van der Waals surface area contributed by atoms with Crippen molar-refractivity contribution >= 4 is 15.9 Å². The lowest BCUT2D eigenvalue weighted by atomic mass is 10.1. The molecule has 1 unspecified atom stereocenters. The average molecular weight is 372 g/mol. The van der Waals surface area contributed by atoms with Crippen molar-refractivity contribution in [3.63, 3.8) is 0 Å². The van der Waals surface area contributed by atoms with Crippen molar-refractivity contribution in [1.29, 1.82) is 0 Å². The molecule has 0 fully saturated rings. The summed E-state index contributed by atoms with van der Waals surface area (Å²) in [6.07, 6.45) is 2.11. The summed E-state index contributed by atoms with van der Waals surface area (Å²) >= 11 is 3.51. The third-order valence-corrected chi connectivity index (χ3v) is 4.56. The molecule has 23 heavy (non-hydrogen) atoms. The van der Waals surface area contributed by atoms with Crippen LogP contribution in [0.1, 0.15) is 23.7 Å². The Labute approximate surface area is 141 Å². The molecule has 3 aromatic rings. The molecule has 4 nitrogen and oxygen atoms in total. The second-order valence-electron chi connectivity index (χ2n) is 5.59. The highest BCUT2D eigenvalue weighted by atomic mass is 79.9. The molecule has 2 aromatic carbocycles. The summed E-state index contributed by atoms with van der Waals surface area (Å²) in [5, 5.41) is 2.29. The Bertz CT molecular complexity index is 895. The molecule has 1 aromatic heterocycles. The van der Waals surface area contributed by atoms with E-state index < -0.39 is 0 Å². The second kappa shape index (κ2) is 5.74. The molecule has 0 aliphatic heterocycles. The average Bonchev–Trinajstić information content (AvgIpc) is 3.15. The molecule has 1 aliphatic rings. The number of halogens is 1. The lowest BCUT2D eigenvalue weighted by Gasteiger charge is -2.15. The number of hydrogen-bond acceptors (Lipinski definition) is 3. The standard InChI is InChI=1S/C18H14BrNO3/c19-13-4-7-15-12(9-13)3-8-16(15)22-14-5-1-11(2-6-14)17-10-18(21)20-23-17/h1-2,4-7,9-10,16H,3,8H2,(H,20,21). The number of H-pyrrole nitrogens is 1. The number of nitrogens with one attached hydrogen (secondary N) is 1. The van der Waals surface area contributed by atoms with Crippen LogP contribution >= 0.6 is 15.9 Å². The molecule has 5 heteroatoms. The third-order valence-electron chi connectivity index (χ3n) is 4.07. The first-order valence-corrected chi connectivity index (χ1v) is 8.22. The maximum atomic E-state index is 11.1. The SMILES string of the molecule is O=c1cc(-c2ccc(OC3CCc4cc(Br)ccc43)cc2)o[nH]1. The Morgan fingerprint density at radius 1 is 1.13 bits per heavy atom. The summed E-state index contributed by atoms with van der Waals surface area (Å²) in [7, 11) is 0. The highest BCUT2D eigenvalue weighted by Crippen LogP contribution is 2.36. The first kappa shape index (κ1) is 14.3. The molecule has 0 amide bonds. The smallest absolute Gasteiger partial charge is 0.280 e. The van der Waals surface area contributed by atoms with Crippen LogP contribution in [0.2, 0.25) is 0 Å². The van der Waals surface area contributed by atoms with E-state index in [-0.39, 0.29) is 11.7 Å². The van der Waals surface area contributed by atoms with E-state index in [0.717, 1.165) is 28.6 Å². The summed E-state index contributed by atoms with van der Waals surface area (Å²) < 4.78 is 12.3. The molecule has 1 atom stereocenters. The van der Waals surface area contributed by atoms with E-state index in [1.807, 2.05) is 24.3 Å². The topological polar surface area (TPSA) is 55.2 Å². The zero-order valence-electron chi connectivity index (χ0n) is 12.2. The normalized spacial score (nSPS) is 16.3. The first-order valence-electron chi connectivity index (χ1n) is 7.43. The van der Waals surface area contributed by atoms with Crippen LogP contribution in [0.4, 0.5) is 0 Å². The van der Waals surface area contributed by atoms with Gasteiger partial charge in [0.1, 0.15) is 11.9 Å². The maximum Gasteiger partial charge on any atom is 0.280 e. The number of aryl methyl sites for hydroxylation is 1. The zero-order valence-corrected chi connectivity index (χ0v) is 13.8. The minimum atomic E-state index is -0.242. The largest absolute Gasteiger partial charge is 0.486 e. The van der Waals surface area contributed by atoms with Gasteiger partial charge < -0.3 is 9.26 Å². The predicted octanol–water partition coefficient (Wildman–Crippen LogP) is 4.46. The molecule has 0 bridgehead atoms. The minimum absolute atomic E-state index is 0.0918. The van der Waals surface area contributed by atoms with Gasteiger partial charge in [-0.2, -0.15) is 5.16 Å². The Morgan fingerprint density at radius 2 is 1.96 bits per heavy atom. The molecular formula is C18H14BrNO3. The molecule has 0 radical (unpaired) electrons. The fourth-order valence-corrected chi connectivity index (χ4v) is 3.37. The Morgan fingerprint density at radius 3 is 2.70 bits per heavy atom. The minimum Gasteiger partial charge on any atom is -0.486 e. The van der Waals surface area contributed by atoms with E-state index in [1.54, 1.807) is 0 Å². The van der Waals surface area contributed by atoms with Gasteiger partial charge in [0, 0.05) is 10.0 Å². The van der Waals surface area contributed by atoms with Gasteiger partial charge >= 0.3 is 0 Å². The van der Waals surface area contributed by atoms with Gasteiger partial charge in [-0.15, -0.1) is 0 Å². The van der Waals surface area contributed by atoms with E-state index in [9.17, 15) is 4.79 Å². The maximum absolute atomic E-state index is 11.1. The van der Waals surface area contributed by atoms with E-state index in [1.165, 1.54) is 17.2 Å². The zero-order chi connectivity index (χ0) is 15.8. The molecule has 1 heterocycles.